The van der Waals surface area contributed by atoms with E-state index in [2.05, 4.69) is 10.6 Å². The molecular weight excluding hydrogens is 404 g/mol. The quantitative estimate of drug-likeness (QED) is 0.599. The lowest BCUT2D eigenvalue weighted by molar-refractivity contribution is -0.114. The first kappa shape index (κ1) is 23.2. The molecule has 0 spiro atoms. The standard InChI is InChI=1S/C21H26N4O4S/c1-4-25(5-2)30(27,28)18-10-8-17(9-11-18)24-21(26)15-23-19-13-16(14-22)7-12-20(19)29-6-3/h7-13,23H,4-6,15H2,1-3H3,(H,24,26). The first-order chi connectivity index (χ1) is 14.3. The normalized spacial score (nSPS) is 11.0. The number of hydrogen-bond acceptors (Lipinski definition) is 6. The molecule has 160 valence electrons. The van der Waals surface area contributed by atoms with Crippen LogP contribution < -0.4 is 15.4 Å². The fourth-order valence-electron chi connectivity index (χ4n) is 2.82. The van der Waals surface area contributed by atoms with Gasteiger partial charge in [-0.05, 0) is 49.4 Å². The zero-order chi connectivity index (χ0) is 22.1. The third-order valence-corrected chi connectivity index (χ3v) is 6.39. The molecule has 2 aromatic rings. The van der Waals surface area contributed by atoms with Crippen LogP contribution >= 0.6 is 0 Å². The van der Waals surface area contributed by atoms with Gasteiger partial charge >= 0.3 is 0 Å². The van der Waals surface area contributed by atoms with E-state index < -0.39 is 10.0 Å². The number of ether oxygens (including phenoxy) is 1. The summed E-state index contributed by atoms with van der Waals surface area (Å²) in [6, 6.07) is 13.0. The van der Waals surface area contributed by atoms with Crippen LogP contribution in [0, 0.1) is 11.3 Å². The molecule has 2 N–H and O–H groups in total. The van der Waals surface area contributed by atoms with Crippen molar-refractivity contribution < 1.29 is 17.9 Å². The molecule has 1 amide bonds. The van der Waals surface area contributed by atoms with Crippen LogP contribution in [0.3, 0.4) is 0 Å². The second-order valence-electron chi connectivity index (χ2n) is 6.27. The Morgan fingerprint density at radius 1 is 1.10 bits per heavy atom. The Kier molecular flexibility index (Phi) is 8.21. The zero-order valence-corrected chi connectivity index (χ0v) is 18.1. The molecule has 8 nitrogen and oxygen atoms in total. The van der Waals surface area contributed by atoms with E-state index in [1.165, 1.54) is 16.4 Å². The maximum atomic E-state index is 12.5. The molecule has 0 bridgehead atoms. The third kappa shape index (κ3) is 5.72. The van der Waals surface area contributed by atoms with Crippen LogP contribution in [-0.4, -0.2) is 44.9 Å². The average Bonchev–Trinajstić information content (AvgIpc) is 2.74. The van der Waals surface area contributed by atoms with Crippen molar-refractivity contribution in [1.82, 2.24) is 4.31 Å². The first-order valence-corrected chi connectivity index (χ1v) is 11.1. The summed E-state index contributed by atoms with van der Waals surface area (Å²) in [5.41, 5.74) is 1.48. The third-order valence-electron chi connectivity index (χ3n) is 4.33. The molecule has 2 aromatic carbocycles. The van der Waals surface area contributed by atoms with Gasteiger partial charge in [-0.1, -0.05) is 13.8 Å². The number of carbonyl (C=O) groups is 1. The fraction of sp³-hybridized carbons (Fsp3) is 0.333. The lowest BCUT2D eigenvalue weighted by Crippen LogP contribution is -2.30. The molecule has 0 aliphatic carbocycles. The minimum atomic E-state index is -3.54. The van der Waals surface area contributed by atoms with Crippen LogP contribution in [0.5, 0.6) is 5.75 Å². The summed E-state index contributed by atoms with van der Waals surface area (Å²) >= 11 is 0. The topological polar surface area (TPSA) is 112 Å². The van der Waals surface area contributed by atoms with E-state index in [1.54, 1.807) is 44.2 Å². The van der Waals surface area contributed by atoms with Gasteiger partial charge in [-0.25, -0.2) is 8.42 Å². The summed E-state index contributed by atoms with van der Waals surface area (Å²) in [5, 5.41) is 14.7. The van der Waals surface area contributed by atoms with Gasteiger partial charge in [-0.3, -0.25) is 4.79 Å². The van der Waals surface area contributed by atoms with E-state index >= 15 is 0 Å². The van der Waals surface area contributed by atoms with Gasteiger partial charge in [-0.2, -0.15) is 9.57 Å². The van der Waals surface area contributed by atoms with Crippen LogP contribution in [-0.2, 0) is 14.8 Å². The molecule has 0 atom stereocenters. The Balaban J connectivity index is 2.03. The van der Waals surface area contributed by atoms with Gasteiger partial charge in [0.15, 0.2) is 0 Å². The van der Waals surface area contributed by atoms with Crippen molar-refractivity contribution in [3.05, 3.63) is 48.0 Å². The van der Waals surface area contributed by atoms with Crippen LogP contribution in [0.2, 0.25) is 0 Å². The SMILES string of the molecule is CCOc1ccc(C#N)cc1NCC(=O)Nc1ccc(S(=O)(=O)N(CC)CC)cc1. The molecule has 0 aliphatic heterocycles. The number of amides is 1. The van der Waals surface area contributed by atoms with E-state index in [0.717, 1.165) is 0 Å². The van der Waals surface area contributed by atoms with Crippen LogP contribution in [0.4, 0.5) is 11.4 Å². The first-order valence-electron chi connectivity index (χ1n) is 9.66. The molecule has 30 heavy (non-hydrogen) atoms. The van der Waals surface area contributed by atoms with Crippen LogP contribution in [0.1, 0.15) is 26.3 Å². The van der Waals surface area contributed by atoms with E-state index in [1.807, 2.05) is 13.0 Å². The lowest BCUT2D eigenvalue weighted by atomic mass is 10.2. The molecular formula is C21H26N4O4S. The minimum Gasteiger partial charge on any atom is -0.492 e. The second-order valence-corrected chi connectivity index (χ2v) is 8.21. The Morgan fingerprint density at radius 3 is 2.33 bits per heavy atom. The number of carbonyl (C=O) groups excluding carboxylic acids is 1. The Morgan fingerprint density at radius 2 is 1.77 bits per heavy atom. The number of nitriles is 1. The highest BCUT2D eigenvalue weighted by atomic mass is 32.2. The van der Waals surface area contributed by atoms with Gasteiger partial charge in [0, 0.05) is 18.8 Å². The Labute approximate surface area is 177 Å². The van der Waals surface area contributed by atoms with E-state index in [-0.39, 0.29) is 17.3 Å². The number of nitrogens with one attached hydrogen (secondary N) is 2. The van der Waals surface area contributed by atoms with Gasteiger partial charge in [-0.15, -0.1) is 0 Å². The lowest BCUT2D eigenvalue weighted by Gasteiger charge is -2.18. The second kappa shape index (κ2) is 10.6. The summed E-state index contributed by atoms with van der Waals surface area (Å²) < 4.78 is 31.9. The van der Waals surface area contributed by atoms with Crippen molar-refractivity contribution in [2.24, 2.45) is 0 Å². The van der Waals surface area contributed by atoms with E-state index in [9.17, 15) is 13.2 Å². The number of rotatable bonds is 10. The maximum absolute atomic E-state index is 12.5. The number of hydrogen-bond donors (Lipinski definition) is 2. The van der Waals surface area contributed by atoms with Gasteiger partial charge in [0.05, 0.1) is 35.4 Å². The largest absolute Gasteiger partial charge is 0.492 e. The summed E-state index contributed by atoms with van der Waals surface area (Å²) in [6.45, 7) is 6.60. The smallest absolute Gasteiger partial charge is 0.243 e. The minimum absolute atomic E-state index is 0.0472. The predicted octanol–water partition coefficient (Wildman–Crippen LogP) is 3.04. The van der Waals surface area contributed by atoms with Gasteiger partial charge < -0.3 is 15.4 Å². The maximum Gasteiger partial charge on any atom is 0.243 e. The molecule has 0 aliphatic rings. The molecule has 9 heteroatoms. The highest BCUT2D eigenvalue weighted by molar-refractivity contribution is 7.89. The Hall–Kier alpha value is -3.09. The summed E-state index contributed by atoms with van der Waals surface area (Å²) in [6.07, 6.45) is 0. The summed E-state index contributed by atoms with van der Waals surface area (Å²) in [7, 11) is -3.54. The predicted molar refractivity (Wildman–Crippen MR) is 116 cm³/mol. The zero-order valence-electron chi connectivity index (χ0n) is 17.3. The number of anilines is 2. The van der Waals surface area contributed by atoms with Crippen molar-refractivity contribution >= 4 is 27.3 Å². The number of nitrogens with zero attached hydrogens (tertiary/aromatic N) is 2. The highest BCUT2D eigenvalue weighted by Crippen LogP contribution is 2.25. The molecule has 0 aromatic heterocycles. The Bertz CT molecular complexity index is 1010. The molecule has 0 radical (unpaired) electrons. The van der Waals surface area contributed by atoms with E-state index in [0.29, 0.717) is 42.4 Å². The van der Waals surface area contributed by atoms with Crippen molar-refractivity contribution in [1.29, 1.82) is 5.26 Å². The van der Waals surface area contributed by atoms with Gasteiger partial charge in [0.2, 0.25) is 15.9 Å². The molecule has 0 unspecified atom stereocenters. The van der Waals surface area contributed by atoms with Gasteiger partial charge in [0.25, 0.3) is 0 Å². The molecule has 2 rings (SSSR count). The summed E-state index contributed by atoms with van der Waals surface area (Å²) in [4.78, 5) is 12.5. The van der Waals surface area contributed by atoms with Crippen molar-refractivity contribution in [2.45, 2.75) is 25.7 Å². The van der Waals surface area contributed by atoms with Crippen molar-refractivity contribution in [3.63, 3.8) is 0 Å². The van der Waals surface area contributed by atoms with E-state index in [4.69, 9.17) is 10.00 Å². The molecule has 0 saturated heterocycles. The van der Waals surface area contributed by atoms with Crippen molar-refractivity contribution in [2.75, 3.05) is 36.9 Å². The fourth-order valence-corrected chi connectivity index (χ4v) is 4.28. The average molecular weight is 431 g/mol. The summed E-state index contributed by atoms with van der Waals surface area (Å²) in [5.74, 6) is 0.231. The van der Waals surface area contributed by atoms with Crippen LogP contribution in [0.25, 0.3) is 0 Å². The molecule has 0 heterocycles. The highest BCUT2D eigenvalue weighted by Gasteiger charge is 2.21. The monoisotopic (exact) mass is 430 g/mol. The van der Waals surface area contributed by atoms with Crippen LogP contribution in [0.15, 0.2) is 47.4 Å². The number of sulfonamides is 1. The molecule has 0 saturated carbocycles. The number of benzene rings is 2. The van der Waals surface area contributed by atoms with Crippen molar-refractivity contribution in [3.8, 4) is 11.8 Å². The molecule has 0 fully saturated rings. The van der Waals surface area contributed by atoms with Gasteiger partial charge in [0.1, 0.15) is 5.75 Å².